The Morgan fingerprint density at radius 3 is 1.83 bits per heavy atom. The van der Waals surface area contributed by atoms with E-state index in [2.05, 4.69) is 5.32 Å². The third-order valence-corrected chi connectivity index (χ3v) is 1.78. The van der Waals surface area contributed by atoms with E-state index >= 15 is 0 Å². The van der Waals surface area contributed by atoms with Crippen LogP contribution in [0.1, 0.15) is 60.8 Å². The van der Waals surface area contributed by atoms with Crippen molar-refractivity contribution < 1.29 is 19.5 Å². The van der Waals surface area contributed by atoms with E-state index in [9.17, 15) is 14.4 Å². The van der Waals surface area contributed by atoms with Crippen molar-refractivity contribution in [1.29, 1.82) is 0 Å². The van der Waals surface area contributed by atoms with E-state index in [0.717, 1.165) is 0 Å². The number of aliphatic carboxylic acids is 1. The van der Waals surface area contributed by atoms with Gasteiger partial charge in [0.05, 0.1) is 0 Å². The minimum atomic E-state index is -1.11. The van der Waals surface area contributed by atoms with Gasteiger partial charge in [-0.15, -0.1) is 0 Å². The third kappa shape index (κ3) is 14.6. The van der Waals surface area contributed by atoms with Gasteiger partial charge < -0.3 is 10.4 Å². The molecular weight excluding hydrogens is 234 g/mol. The van der Waals surface area contributed by atoms with Crippen LogP contribution in [-0.4, -0.2) is 28.8 Å². The quantitative estimate of drug-likeness (QED) is 0.769. The summed E-state index contributed by atoms with van der Waals surface area (Å²) in [6.07, 6.45) is 0.738. The van der Waals surface area contributed by atoms with Gasteiger partial charge >= 0.3 is 5.97 Å². The van der Waals surface area contributed by atoms with Crippen LogP contribution in [0, 0.1) is 0 Å². The molecular formula is C13H27NO4. The Labute approximate surface area is 110 Å². The van der Waals surface area contributed by atoms with Crippen molar-refractivity contribution in [3.05, 3.63) is 0 Å². The highest BCUT2D eigenvalue weighted by atomic mass is 16.4. The molecule has 0 heterocycles. The highest BCUT2D eigenvalue weighted by molar-refractivity contribution is 5.83. The van der Waals surface area contributed by atoms with E-state index in [-0.39, 0.29) is 18.6 Å². The number of carboxylic acid groups (broad SMARTS) is 1. The lowest BCUT2D eigenvalue weighted by molar-refractivity contribution is -0.141. The van der Waals surface area contributed by atoms with Crippen LogP contribution in [0.3, 0.4) is 0 Å². The predicted octanol–water partition coefficient (Wildman–Crippen LogP) is 2.39. The molecule has 0 radical (unpaired) electrons. The number of hydrogen-bond acceptors (Lipinski definition) is 3. The molecule has 0 aliphatic heterocycles. The molecule has 1 atom stereocenters. The van der Waals surface area contributed by atoms with E-state index < -0.39 is 17.9 Å². The lowest BCUT2D eigenvalue weighted by Crippen LogP contribution is -2.39. The van der Waals surface area contributed by atoms with Crippen LogP contribution in [-0.2, 0) is 14.4 Å². The number of amides is 1. The molecule has 0 spiro atoms. The van der Waals surface area contributed by atoms with Crippen molar-refractivity contribution in [3.63, 3.8) is 0 Å². The average Bonchev–Trinajstić information content (AvgIpc) is 2.38. The standard InChI is InChI=1S/C9H15NO4.2C2H6/c1-3-7(12)4-5-8(9(13)14)10-6(2)11;2*1-2/h8H,3-5H2,1-2H3,(H,10,11)(H,13,14);2*1-2H3. The number of carbonyl (C=O) groups excluding carboxylic acids is 2. The van der Waals surface area contributed by atoms with Gasteiger partial charge in [0, 0.05) is 19.8 Å². The number of Topliss-reactive ketones (excluding diaryl/α,β-unsaturated/α-hetero) is 1. The van der Waals surface area contributed by atoms with Gasteiger partial charge in [0.15, 0.2) is 0 Å². The first-order chi connectivity index (χ1) is 8.47. The normalized spacial score (nSPS) is 9.89. The smallest absolute Gasteiger partial charge is 0.326 e. The van der Waals surface area contributed by atoms with Crippen molar-refractivity contribution in [2.45, 2.75) is 66.8 Å². The van der Waals surface area contributed by atoms with Gasteiger partial charge in [-0.2, -0.15) is 0 Å². The van der Waals surface area contributed by atoms with Gasteiger partial charge in [-0.25, -0.2) is 4.79 Å². The fourth-order valence-electron chi connectivity index (χ4n) is 0.985. The second-order valence-corrected chi connectivity index (χ2v) is 3.02. The number of nitrogens with one attached hydrogen (secondary N) is 1. The van der Waals surface area contributed by atoms with Crippen molar-refractivity contribution in [3.8, 4) is 0 Å². The van der Waals surface area contributed by atoms with E-state index in [1.54, 1.807) is 6.92 Å². The monoisotopic (exact) mass is 261 g/mol. The second kappa shape index (κ2) is 15.6. The molecule has 18 heavy (non-hydrogen) atoms. The summed E-state index contributed by atoms with van der Waals surface area (Å²) in [5.41, 5.74) is 0. The zero-order valence-corrected chi connectivity index (χ0v) is 12.4. The van der Waals surface area contributed by atoms with Crippen LogP contribution in [0.4, 0.5) is 0 Å². The maximum absolute atomic E-state index is 10.9. The number of rotatable bonds is 6. The second-order valence-electron chi connectivity index (χ2n) is 3.02. The summed E-state index contributed by atoms with van der Waals surface area (Å²) in [5.74, 6) is -1.51. The molecule has 2 N–H and O–H groups in total. The Bertz CT molecular complexity index is 239. The molecule has 0 aromatic carbocycles. The topological polar surface area (TPSA) is 83.5 Å². The summed E-state index contributed by atoms with van der Waals surface area (Å²) in [7, 11) is 0. The van der Waals surface area contributed by atoms with E-state index in [0.29, 0.717) is 6.42 Å². The summed E-state index contributed by atoms with van der Waals surface area (Å²) in [4.78, 5) is 32.1. The van der Waals surface area contributed by atoms with Gasteiger partial charge in [-0.1, -0.05) is 34.6 Å². The van der Waals surface area contributed by atoms with Crippen molar-refractivity contribution in [2.75, 3.05) is 0 Å². The number of carboxylic acids is 1. The van der Waals surface area contributed by atoms with Gasteiger partial charge in [-0.3, -0.25) is 9.59 Å². The summed E-state index contributed by atoms with van der Waals surface area (Å²) in [5, 5.41) is 10.9. The fourth-order valence-corrected chi connectivity index (χ4v) is 0.985. The average molecular weight is 261 g/mol. The SMILES string of the molecule is CC.CC.CCC(=O)CCC(NC(C)=O)C(=O)O. The van der Waals surface area contributed by atoms with Gasteiger partial charge in [0.25, 0.3) is 0 Å². The molecule has 0 aliphatic carbocycles. The molecule has 108 valence electrons. The van der Waals surface area contributed by atoms with Crippen LogP contribution >= 0.6 is 0 Å². The zero-order chi connectivity index (χ0) is 15.1. The summed E-state index contributed by atoms with van der Waals surface area (Å²) in [6, 6.07) is -0.956. The molecule has 0 saturated carbocycles. The lowest BCUT2D eigenvalue weighted by atomic mass is 10.1. The van der Waals surface area contributed by atoms with E-state index in [1.807, 2.05) is 27.7 Å². The molecule has 0 aromatic heterocycles. The third-order valence-electron chi connectivity index (χ3n) is 1.78. The molecule has 0 saturated heterocycles. The van der Waals surface area contributed by atoms with Gasteiger partial charge in [-0.05, 0) is 6.42 Å². The fraction of sp³-hybridized carbons (Fsp3) is 0.769. The molecule has 0 aliphatic rings. The van der Waals surface area contributed by atoms with Crippen LogP contribution < -0.4 is 5.32 Å². The lowest BCUT2D eigenvalue weighted by Gasteiger charge is -2.11. The molecule has 0 bridgehead atoms. The van der Waals surface area contributed by atoms with Gasteiger partial charge in [0.1, 0.15) is 11.8 Å². The van der Waals surface area contributed by atoms with E-state index in [4.69, 9.17) is 5.11 Å². The van der Waals surface area contributed by atoms with Crippen LogP contribution in [0.15, 0.2) is 0 Å². The first-order valence-corrected chi connectivity index (χ1v) is 6.49. The van der Waals surface area contributed by atoms with Crippen molar-refractivity contribution >= 4 is 17.7 Å². The Kier molecular flexibility index (Phi) is 18.9. The number of hydrogen-bond donors (Lipinski definition) is 2. The minimum absolute atomic E-state index is 0.00148. The molecule has 0 fully saturated rings. The number of carbonyl (C=O) groups is 3. The highest BCUT2D eigenvalue weighted by Gasteiger charge is 2.18. The summed E-state index contributed by atoms with van der Waals surface area (Å²) < 4.78 is 0. The molecule has 5 nitrogen and oxygen atoms in total. The van der Waals surface area contributed by atoms with Crippen LogP contribution in [0.5, 0.6) is 0 Å². The Morgan fingerprint density at radius 2 is 1.56 bits per heavy atom. The maximum Gasteiger partial charge on any atom is 0.326 e. The Morgan fingerprint density at radius 1 is 1.11 bits per heavy atom. The minimum Gasteiger partial charge on any atom is -0.480 e. The van der Waals surface area contributed by atoms with Crippen molar-refractivity contribution in [2.24, 2.45) is 0 Å². The summed E-state index contributed by atoms with van der Waals surface area (Å²) in [6.45, 7) is 11.0. The molecule has 0 rings (SSSR count). The first kappa shape index (κ1) is 21.9. The molecule has 1 amide bonds. The van der Waals surface area contributed by atoms with Crippen LogP contribution in [0.2, 0.25) is 0 Å². The largest absolute Gasteiger partial charge is 0.480 e. The molecule has 5 heteroatoms. The maximum atomic E-state index is 10.9. The van der Waals surface area contributed by atoms with Crippen molar-refractivity contribution in [1.82, 2.24) is 5.32 Å². The highest BCUT2D eigenvalue weighted by Crippen LogP contribution is 2.00. The first-order valence-electron chi connectivity index (χ1n) is 6.49. The molecule has 1 unspecified atom stereocenters. The molecule has 0 aromatic rings. The Balaban J connectivity index is -0.000000506. The zero-order valence-electron chi connectivity index (χ0n) is 12.4. The number of ketones is 1. The van der Waals surface area contributed by atoms with E-state index in [1.165, 1.54) is 6.92 Å². The Hall–Kier alpha value is -1.39. The summed E-state index contributed by atoms with van der Waals surface area (Å²) >= 11 is 0. The predicted molar refractivity (Wildman–Crippen MR) is 72.5 cm³/mol. The van der Waals surface area contributed by atoms with Crippen LogP contribution in [0.25, 0.3) is 0 Å². The van der Waals surface area contributed by atoms with Gasteiger partial charge in [0.2, 0.25) is 5.91 Å².